The van der Waals surface area contributed by atoms with Gasteiger partial charge in [0.1, 0.15) is 12.4 Å². The van der Waals surface area contributed by atoms with Crippen LogP contribution in [0.4, 0.5) is 10.5 Å². The average molecular weight is 494 g/mol. The third-order valence-electron chi connectivity index (χ3n) is 5.97. The minimum atomic E-state index is -3.40. The molecule has 33 heavy (non-hydrogen) atoms. The zero-order valence-corrected chi connectivity index (χ0v) is 19.8. The SMILES string of the molecule is O=C1N(CCS(=O)(=O)N2CCCC2)C[C@H](c2cccc(OCCO)c2)N1c1ccc(Cl)cc1. The summed E-state index contributed by atoms with van der Waals surface area (Å²) in [4.78, 5) is 16.7. The van der Waals surface area contributed by atoms with Crippen molar-refractivity contribution in [2.75, 3.05) is 50.0 Å². The molecule has 0 aliphatic carbocycles. The monoisotopic (exact) mass is 493 g/mol. The molecular formula is C23H28ClN3O5S. The number of hydrogen-bond donors (Lipinski definition) is 1. The Morgan fingerprint density at radius 3 is 2.52 bits per heavy atom. The zero-order chi connectivity index (χ0) is 23.4. The van der Waals surface area contributed by atoms with Crippen molar-refractivity contribution in [1.82, 2.24) is 9.21 Å². The Morgan fingerprint density at radius 1 is 1.09 bits per heavy atom. The van der Waals surface area contributed by atoms with Crippen molar-refractivity contribution in [1.29, 1.82) is 0 Å². The van der Waals surface area contributed by atoms with Crippen LogP contribution in [0.1, 0.15) is 24.4 Å². The fourth-order valence-corrected chi connectivity index (χ4v) is 5.93. The molecule has 0 unspecified atom stereocenters. The largest absolute Gasteiger partial charge is 0.491 e. The van der Waals surface area contributed by atoms with Crippen molar-refractivity contribution >= 4 is 33.3 Å². The van der Waals surface area contributed by atoms with E-state index in [0.29, 0.717) is 36.1 Å². The van der Waals surface area contributed by atoms with Crippen LogP contribution in [0.25, 0.3) is 0 Å². The van der Waals surface area contributed by atoms with Gasteiger partial charge >= 0.3 is 6.03 Å². The second-order valence-corrected chi connectivity index (χ2v) is 10.7. The van der Waals surface area contributed by atoms with Crippen LogP contribution in [-0.2, 0) is 10.0 Å². The van der Waals surface area contributed by atoms with Gasteiger partial charge < -0.3 is 14.7 Å². The summed E-state index contributed by atoms with van der Waals surface area (Å²) in [5.74, 6) is 0.500. The maximum absolute atomic E-state index is 13.4. The number of carbonyl (C=O) groups is 1. The van der Waals surface area contributed by atoms with Crippen LogP contribution in [0.5, 0.6) is 5.75 Å². The highest BCUT2D eigenvalue weighted by atomic mass is 35.5. The fraction of sp³-hybridized carbons (Fsp3) is 0.435. The van der Waals surface area contributed by atoms with Crippen molar-refractivity contribution < 1.29 is 23.1 Å². The Labute approximate surface area is 199 Å². The Balaban J connectivity index is 1.58. The number of nitrogens with zero attached hydrogens (tertiary/aromatic N) is 3. The highest BCUT2D eigenvalue weighted by molar-refractivity contribution is 7.89. The van der Waals surface area contributed by atoms with Crippen molar-refractivity contribution in [2.45, 2.75) is 18.9 Å². The number of urea groups is 1. The molecule has 4 rings (SSSR count). The van der Waals surface area contributed by atoms with Crippen LogP contribution in [0.15, 0.2) is 48.5 Å². The predicted molar refractivity (Wildman–Crippen MR) is 127 cm³/mol. The molecular weight excluding hydrogens is 466 g/mol. The molecule has 2 amide bonds. The summed E-state index contributed by atoms with van der Waals surface area (Å²) in [5, 5.41) is 9.61. The zero-order valence-electron chi connectivity index (χ0n) is 18.3. The molecule has 2 aromatic carbocycles. The molecule has 178 valence electrons. The van der Waals surface area contributed by atoms with Crippen LogP contribution < -0.4 is 9.64 Å². The minimum absolute atomic E-state index is 0.0949. The molecule has 0 saturated carbocycles. The summed E-state index contributed by atoms with van der Waals surface area (Å²) in [5.41, 5.74) is 1.54. The predicted octanol–water partition coefficient (Wildman–Crippen LogP) is 3.12. The Bertz CT molecular complexity index is 1070. The number of aliphatic hydroxyl groups excluding tert-OH is 1. The fourth-order valence-electron chi connectivity index (χ4n) is 4.28. The van der Waals surface area contributed by atoms with Gasteiger partial charge in [0.2, 0.25) is 10.0 Å². The van der Waals surface area contributed by atoms with Gasteiger partial charge in [-0.25, -0.2) is 17.5 Å². The first kappa shape index (κ1) is 23.8. The molecule has 0 bridgehead atoms. The van der Waals surface area contributed by atoms with Crippen LogP contribution >= 0.6 is 11.6 Å². The smallest absolute Gasteiger partial charge is 0.325 e. The number of hydrogen-bond acceptors (Lipinski definition) is 5. The lowest BCUT2D eigenvalue weighted by atomic mass is 10.1. The molecule has 2 aliphatic rings. The van der Waals surface area contributed by atoms with E-state index in [1.165, 1.54) is 4.31 Å². The average Bonchev–Trinajstić information content (AvgIpc) is 3.46. The van der Waals surface area contributed by atoms with E-state index in [1.54, 1.807) is 40.1 Å². The first-order chi connectivity index (χ1) is 15.9. The summed E-state index contributed by atoms with van der Waals surface area (Å²) in [6.07, 6.45) is 1.76. The third kappa shape index (κ3) is 5.43. The number of ether oxygens (including phenoxy) is 1. The maximum Gasteiger partial charge on any atom is 0.325 e. The van der Waals surface area contributed by atoms with Crippen molar-refractivity contribution in [2.24, 2.45) is 0 Å². The van der Waals surface area contributed by atoms with Crippen molar-refractivity contribution in [3.63, 3.8) is 0 Å². The summed E-state index contributed by atoms with van der Waals surface area (Å²) in [6.45, 7) is 1.66. The number of sulfonamides is 1. The van der Waals surface area contributed by atoms with Gasteiger partial charge in [0.25, 0.3) is 0 Å². The van der Waals surface area contributed by atoms with Crippen LogP contribution in [0.2, 0.25) is 5.02 Å². The van der Waals surface area contributed by atoms with E-state index in [1.807, 2.05) is 18.2 Å². The third-order valence-corrected chi connectivity index (χ3v) is 8.07. The number of rotatable bonds is 9. The summed E-state index contributed by atoms with van der Waals surface area (Å²) in [6, 6.07) is 13.8. The number of aliphatic hydroxyl groups is 1. The molecule has 1 N–H and O–H groups in total. The number of amides is 2. The summed E-state index contributed by atoms with van der Waals surface area (Å²) >= 11 is 6.05. The second-order valence-electron chi connectivity index (χ2n) is 8.16. The van der Waals surface area contributed by atoms with Gasteiger partial charge in [0, 0.05) is 36.9 Å². The molecule has 2 aromatic rings. The quantitative estimate of drug-likeness (QED) is 0.579. The van der Waals surface area contributed by atoms with Crippen molar-refractivity contribution in [3.05, 3.63) is 59.1 Å². The molecule has 0 aromatic heterocycles. The molecule has 2 fully saturated rings. The van der Waals surface area contributed by atoms with E-state index in [9.17, 15) is 13.2 Å². The number of anilines is 1. The van der Waals surface area contributed by atoms with E-state index in [-0.39, 0.29) is 37.6 Å². The van der Waals surface area contributed by atoms with Gasteiger partial charge in [0.05, 0.1) is 18.4 Å². The van der Waals surface area contributed by atoms with Crippen molar-refractivity contribution in [3.8, 4) is 5.75 Å². The standard InChI is InChI=1S/C23H28ClN3O5S/c24-19-6-8-20(9-7-19)27-22(18-4-3-5-21(16-18)32-14-13-28)17-25(23(27)29)12-15-33(30,31)26-10-1-2-11-26/h3-9,16,22,28H,1-2,10-15,17H2/t22-/m1/s1. The highest BCUT2D eigenvalue weighted by Gasteiger charge is 2.40. The van der Waals surface area contributed by atoms with E-state index in [2.05, 4.69) is 0 Å². The number of carbonyl (C=O) groups excluding carboxylic acids is 1. The van der Waals surface area contributed by atoms with Gasteiger partial charge in [-0.3, -0.25) is 4.90 Å². The van der Waals surface area contributed by atoms with E-state index in [4.69, 9.17) is 21.4 Å². The Hall–Kier alpha value is -2.33. The van der Waals surface area contributed by atoms with Crippen LogP contribution in [0.3, 0.4) is 0 Å². The second kappa shape index (κ2) is 10.3. The normalized spacial score (nSPS) is 19.5. The molecule has 2 aliphatic heterocycles. The van der Waals surface area contributed by atoms with E-state index < -0.39 is 10.0 Å². The summed E-state index contributed by atoms with van der Waals surface area (Å²) < 4.78 is 32.5. The topological polar surface area (TPSA) is 90.4 Å². The van der Waals surface area contributed by atoms with Gasteiger partial charge in [-0.2, -0.15) is 0 Å². The van der Waals surface area contributed by atoms with Crippen LogP contribution in [-0.4, -0.2) is 73.9 Å². The maximum atomic E-state index is 13.4. The highest BCUT2D eigenvalue weighted by Crippen LogP contribution is 2.36. The molecule has 0 spiro atoms. The molecule has 10 heteroatoms. The molecule has 0 radical (unpaired) electrons. The number of halogens is 1. The van der Waals surface area contributed by atoms with Gasteiger partial charge in [0.15, 0.2) is 0 Å². The Kier molecular flexibility index (Phi) is 7.43. The first-order valence-electron chi connectivity index (χ1n) is 11.0. The van der Waals surface area contributed by atoms with Gasteiger partial charge in [-0.05, 0) is 54.8 Å². The lowest BCUT2D eigenvalue weighted by Gasteiger charge is -2.24. The number of benzene rings is 2. The first-order valence-corrected chi connectivity index (χ1v) is 13.0. The lowest BCUT2D eigenvalue weighted by Crippen LogP contribution is -2.38. The summed E-state index contributed by atoms with van der Waals surface area (Å²) in [7, 11) is -3.40. The molecule has 2 heterocycles. The van der Waals surface area contributed by atoms with E-state index in [0.717, 1.165) is 18.4 Å². The van der Waals surface area contributed by atoms with Gasteiger partial charge in [-0.1, -0.05) is 23.7 Å². The minimum Gasteiger partial charge on any atom is -0.491 e. The Morgan fingerprint density at radius 2 is 1.82 bits per heavy atom. The molecule has 1 atom stereocenters. The lowest BCUT2D eigenvalue weighted by molar-refractivity contribution is 0.201. The molecule has 2 saturated heterocycles. The van der Waals surface area contributed by atoms with Gasteiger partial charge in [-0.15, -0.1) is 0 Å². The van der Waals surface area contributed by atoms with Crippen LogP contribution in [0, 0.1) is 0 Å². The van der Waals surface area contributed by atoms with E-state index >= 15 is 0 Å². The molecule has 8 nitrogen and oxygen atoms in total.